The van der Waals surface area contributed by atoms with Crippen molar-refractivity contribution in [2.75, 3.05) is 5.32 Å². The van der Waals surface area contributed by atoms with Crippen molar-refractivity contribution >= 4 is 11.6 Å². The fourth-order valence-electron chi connectivity index (χ4n) is 1.82. The summed E-state index contributed by atoms with van der Waals surface area (Å²) in [6.45, 7) is 0. The third kappa shape index (κ3) is 2.92. The molecule has 3 rings (SSSR count). The number of anilines is 1. The minimum atomic E-state index is -0.449. The van der Waals surface area contributed by atoms with E-state index in [9.17, 15) is 9.18 Å². The van der Waals surface area contributed by atoms with Crippen molar-refractivity contribution in [1.29, 1.82) is 0 Å². The van der Waals surface area contributed by atoms with E-state index < -0.39 is 5.82 Å². The number of carbonyl (C=O) groups excluding carboxylic acids is 1. The summed E-state index contributed by atoms with van der Waals surface area (Å²) in [6.07, 6.45) is 0. The van der Waals surface area contributed by atoms with Gasteiger partial charge in [-0.1, -0.05) is 6.07 Å². The fraction of sp³-hybridized carbons (Fsp3) is 0. The van der Waals surface area contributed by atoms with Gasteiger partial charge in [0.2, 0.25) is 5.82 Å². The summed E-state index contributed by atoms with van der Waals surface area (Å²) in [6, 6.07) is 12.4. The third-order valence-electron chi connectivity index (χ3n) is 2.83. The molecule has 0 aliphatic rings. The molecule has 0 spiro atoms. The van der Waals surface area contributed by atoms with Gasteiger partial charge >= 0.3 is 0 Å². The minimum absolute atomic E-state index is 0.261. The molecule has 1 amide bonds. The molecule has 21 heavy (non-hydrogen) atoms. The topological polar surface area (TPSA) is 83.6 Å². The first-order valence-corrected chi connectivity index (χ1v) is 6.13. The van der Waals surface area contributed by atoms with Gasteiger partial charge in [0, 0.05) is 16.8 Å². The molecular weight excluding hydrogens is 273 g/mol. The predicted molar refractivity (Wildman–Crippen MR) is 74.0 cm³/mol. The van der Waals surface area contributed by atoms with Crippen LogP contribution in [-0.2, 0) is 0 Å². The molecule has 3 aromatic rings. The van der Waals surface area contributed by atoms with E-state index in [1.807, 2.05) is 0 Å². The highest BCUT2D eigenvalue weighted by Gasteiger charge is 2.08. The third-order valence-corrected chi connectivity index (χ3v) is 2.83. The van der Waals surface area contributed by atoms with Crippen LogP contribution in [0.5, 0.6) is 0 Å². The first-order chi connectivity index (χ1) is 10.2. The Kier molecular flexibility index (Phi) is 3.38. The Morgan fingerprint density at radius 3 is 2.62 bits per heavy atom. The van der Waals surface area contributed by atoms with Crippen LogP contribution >= 0.6 is 0 Å². The van der Waals surface area contributed by atoms with Crippen LogP contribution in [-0.4, -0.2) is 26.5 Å². The average Bonchev–Trinajstić information content (AvgIpc) is 3.02. The molecule has 0 aliphatic heterocycles. The van der Waals surface area contributed by atoms with E-state index in [1.165, 1.54) is 18.2 Å². The van der Waals surface area contributed by atoms with Gasteiger partial charge < -0.3 is 5.32 Å². The largest absolute Gasteiger partial charge is 0.322 e. The van der Waals surface area contributed by atoms with Crippen LogP contribution in [0.2, 0.25) is 0 Å². The molecule has 7 heteroatoms. The number of carbonyl (C=O) groups is 1. The Labute approximate surface area is 119 Å². The van der Waals surface area contributed by atoms with E-state index in [2.05, 4.69) is 25.9 Å². The van der Waals surface area contributed by atoms with Gasteiger partial charge in [-0.05, 0) is 47.7 Å². The Balaban J connectivity index is 1.75. The van der Waals surface area contributed by atoms with E-state index >= 15 is 0 Å². The number of amides is 1. The second-order valence-electron chi connectivity index (χ2n) is 4.28. The molecule has 0 unspecified atom stereocenters. The van der Waals surface area contributed by atoms with Crippen molar-refractivity contribution < 1.29 is 9.18 Å². The standard InChI is InChI=1S/C14H10FN5O/c15-11-3-1-2-10(8-11)14(21)16-12-6-4-9(5-7-12)13-17-19-20-18-13/h1-8H,(H,16,21)(H,17,18,19,20). The molecule has 0 atom stereocenters. The van der Waals surface area contributed by atoms with E-state index in [0.717, 1.165) is 5.56 Å². The van der Waals surface area contributed by atoms with Gasteiger partial charge in [0.15, 0.2) is 0 Å². The Morgan fingerprint density at radius 1 is 1.14 bits per heavy atom. The number of benzene rings is 2. The predicted octanol–water partition coefficient (Wildman–Crippen LogP) is 2.26. The smallest absolute Gasteiger partial charge is 0.255 e. The van der Waals surface area contributed by atoms with Gasteiger partial charge in [-0.2, -0.15) is 5.21 Å². The highest BCUT2D eigenvalue weighted by atomic mass is 19.1. The zero-order valence-electron chi connectivity index (χ0n) is 10.7. The van der Waals surface area contributed by atoms with Gasteiger partial charge in [-0.25, -0.2) is 4.39 Å². The summed E-state index contributed by atoms with van der Waals surface area (Å²) in [5.41, 5.74) is 1.63. The zero-order valence-corrected chi connectivity index (χ0v) is 10.7. The molecule has 0 aliphatic carbocycles. The van der Waals surface area contributed by atoms with Gasteiger partial charge in [-0.15, -0.1) is 10.2 Å². The van der Waals surface area contributed by atoms with E-state index in [4.69, 9.17) is 0 Å². The molecule has 2 aromatic carbocycles. The fourth-order valence-corrected chi connectivity index (χ4v) is 1.82. The van der Waals surface area contributed by atoms with Gasteiger partial charge in [-0.3, -0.25) is 4.79 Å². The van der Waals surface area contributed by atoms with Gasteiger partial charge in [0.05, 0.1) is 0 Å². The van der Waals surface area contributed by atoms with Crippen LogP contribution in [0.1, 0.15) is 10.4 Å². The van der Waals surface area contributed by atoms with Gasteiger partial charge in [0.25, 0.3) is 5.91 Å². The lowest BCUT2D eigenvalue weighted by Gasteiger charge is -2.05. The van der Waals surface area contributed by atoms with Crippen molar-refractivity contribution in [2.24, 2.45) is 0 Å². The highest BCUT2D eigenvalue weighted by molar-refractivity contribution is 6.04. The number of H-pyrrole nitrogens is 1. The van der Waals surface area contributed by atoms with Crippen molar-refractivity contribution in [3.63, 3.8) is 0 Å². The first-order valence-electron chi connectivity index (χ1n) is 6.13. The normalized spacial score (nSPS) is 10.3. The second kappa shape index (κ2) is 5.49. The van der Waals surface area contributed by atoms with Crippen LogP contribution in [0.3, 0.4) is 0 Å². The van der Waals surface area contributed by atoms with E-state index in [-0.39, 0.29) is 11.5 Å². The zero-order chi connectivity index (χ0) is 14.7. The summed E-state index contributed by atoms with van der Waals surface area (Å²) in [5.74, 6) is -0.352. The van der Waals surface area contributed by atoms with Crippen molar-refractivity contribution in [1.82, 2.24) is 20.6 Å². The first kappa shape index (κ1) is 12.9. The molecule has 0 saturated heterocycles. The summed E-state index contributed by atoms with van der Waals surface area (Å²) < 4.78 is 13.1. The lowest BCUT2D eigenvalue weighted by atomic mass is 10.1. The highest BCUT2D eigenvalue weighted by Crippen LogP contribution is 2.17. The number of hydrogen-bond acceptors (Lipinski definition) is 4. The number of rotatable bonds is 3. The Morgan fingerprint density at radius 2 is 1.95 bits per heavy atom. The molecule has 1 heterocycles. The van der Waals surface area contributed by atoms with Gasteiger partial charge in [0.1, 0.15) is 5.82 Å². The minimum Gasteiger partial charge on any atom is -0.322 e. The molecule has 0 saturated carbocycles. The maximum absolute atomic E-state index is 13.1. The summed E-state index contributed by atoms with van der Waals surface area (Å²) in [5, 5.41) is 16.2. The summed E-state index contributed by atoms with van der Waals surface area (Å²) in [7, 11) is 0. The maximum atomic E-state index is 13.1. The van der Waals surface area contributed by atoms with E-state index in [1.54, 1.807) is 30.3 Å². The number of nitrogens with zero attached hydrogens (tertiary/aromatic N) is 3. The van der Waals surface area contributed by atoms with Crippen LogP contribution in [0.25, 0.3) is 11.4 Å². The second-order valence-corrected chi connectivity index (χ2v) is 4.28. The SMILES string of the molecule is O=C(Nc1ccc(-c2nn[nH]n2)cc1)c1cccc(F)c1. The summed E-state index contributed by atoms with van der Waals surface area (Å²) >= 11 is 0. The number of nitrogens with one attached hydrogen (secondary N) is 2. The molecule has 0 bridgehead atoms. The molecule has 0 radical (unpaired) electrons. The van der Waals surface area contributed by atoms with Crippen LogP contribution < -0.4 is 5.32 Å². The quantitative estimate of drug-likeness (QED) is 0.772. The molecule has 1 aromatic heterocycles. The molecule has 0 fully saturated rings. The van der Waals surface area contributed by atoms with Crippen molar-refractivity contribution in [2.45, 2.75) is 0 Å². The van der Waals surface area contributed by atoms with E-state index in [0.29, 0.717) is 11.5 Å². The Bertz CT molecular complexity index is 755. The molecule has 104 valence electrons. The average molecular weight is 283 g/mol. The number of halogens is 1. The summed E-state index contributed by atoms with van der Waals surface area (Å²) in [4.78, 5) is 12.0. The molecule has 6 nitrogen and oxygen atoms in total. The van der Waals surface area contributed by atoms with Crippen LogP contribution in [0, 0.1) is 5.82 Å². The number of aromatic nitrogens is 4. The number of tetrazole rings is 1. The monoisotopic (exact) mass is 283 g/mol. The van der Waals surface area contributed by atoms with Crippen molar-refractivity contribution in [3.05, 3.63) is 59.9 Å². The lowest BCUT2D eigenvalue weighted by Crippen LogP contribution is -2.11. The number of aromatic amines is 1. The van der Waals surface area contributed by atoms with Crippen molar-refractivity contribution in [3.8, 4) is 11.4 Å². The number of hydrogen-bond donors (Lipinski definition) is 2. The Hall–Kier alpha value is -3.09. The molecule has 2 N–H and O–H groups in total. The van der Waals surface area contributed by atoms with Crippen LogP contribution in [0.4, 0.5) is 10.1 Å². The maximum Gasteiger partial charge on any atom is 0.255 e. The molecular formula is C14H10FN5O. The van der Waals surface area contributed by atoms with Crippen LogP contribution in [0.15, 0.2) is 48.5 Å². The lowest BCUT2D eigenvalue weighted by molar-refractivity contribution is 0.102.